The maximum Gasteiger partial charge on any atom is 0.142 e. The lowest BCUT2D eigenvalue weighted by Gasteiger charge is -2.08. The van der Waals surface area contributed by atoms with E-state index >= 15 is 0 Å². The van der Waals surface area contributed by atoms with Crippen molar-refractivity contribution < 1.29 is 8.95 Å². The van der Waals surface area contributed by atoms with Crippen LogP contribution >= 0.6 is 0 Å². The number of para-hydroxylation sites is 2. The van der Waals surface area contributed by atoms with Crippen LogP contribution in [0.2, 0.25) is 0 Å². The second-order valence-corrected chi connectivity index (χ2v) is 5.28. The van der Waals surface area contributed by atoms with Crippen LogP contribution in [0.1, 0.15) is 19.8 Å². The van der Waals surface area contributed by atoms with Gasteiger partial charge in [-0.15, -0.1) is 0 Å². The Balaban J connectivity index is 2.25. The van der Waals surface area contributed by atoms with Crippen LogP contribution in [0.3, 0.4) is 0 Å². The smallest absolute Gasteiger partial charge is 0.142 e. The summed E-state index contributed by atoms with van der Waals surface area (Å²) in [5, 5.41) is 0. The molecule has 0 aliphatic rings. The van der Waals surface area contributed by atoms with Crippen molar-refractivity contribution in [3.05, 3.63) is 24.3 Å². The Morgan fingerprint density at radius 1 is 1.31 bits per heavy atom. The van der Waals surface area contributed by atoms with Gasteiger partial charge in [-0.1, -0.05) is 25.5 Å². The maximum atomic E-state index is 11.5. The molecule has 90 valence electrons. The Morgan fingerprint density at radius 3 is 2.75 bits per heavy atom. The zero-order chi connectivity index (χ0) is 11.8. The summed E-state index contributed by atoms with van der Waals surface area (Å²) in [5.41, 5.74) is 6.34. The van der Waals surface area contributed by atoms with Crippen molar-refractivity contribution in [3.63, 3.8) is 0 Å². The molecule has 0 radical (unpaired) electrons. The molecule has 0 aromatic heterocycles. The fourth-order valence-electron chi connectivity index (χ4n) is 1.26. The van der Waals surface area contributed by atoms with Gasteiger partial charge in [0.15, 0.2) is 0 Å². The van der Waals surface area contributed by atoms with E-state index in [2.05, 4.69) is 6.92 Å². The Morgan fingerprint density at radius 2 is 2.06 bits per heavy atom. The van der Waals surface area contributed by atoms with E-state index in [9.17, 15) is 4.21 Å². The van der Waals surface area contributed by atoms with Crippen molar-refractivity contribution in [1.29, 1.82) is 0 Å². The molecule has 0 fully saturated rings. The molecule has 0 spiro atoms. The molecule has 4 heteroatoms. The van der Waals surface area contributed by atoms with E-state index in [-0.39, 0.29) is 0 Å². The molecule has 0 amide bonds. The highest BCUT2D eigenvalue weighted by Gasteiger charge is 2.01. The van der Waals surface area contributed by atoms with Gasteiger partial charge in [-0.25, -0.2) is 0 Å². The van der Waals surface area contributed by atoms with Gasteiger partial charge in [0.1, 0.15) is 5.75 Å². The molecule has 1 aromatic carbocycles. The Hall–Kier alpha value is -1.03. The molecule has 0 aliphatic heterocycles. The van der Waals surface area contributed by atoms with Gasteiger partial charge in [0.05, 0.1) is 18.0 Å². The van der Waals surface area contributed by atoms with E-state index < -0.39 is 10.8 Å². The van der Waals surface area contributed by atoms with Crippen LogP contribution in [0.15, 0.2) is 24.3 Å². The number of rotatable bonds is 7. The zero-order valence-corrected chi connectivity index (χ0v) is 10.5. The third-order valence-corrected chi connectivity index (χ3v) is 3.58. The van der Waals surface area contributed by atoms with Crippen LogP contribution < -0.4 is 10.5 Å². The highest BCUT2D eigenvalue weighted by Crippen LogP contribution is 2.19. The Labute approximate surface area is 99.4 Å². The van der Waals surface area contributed by atoms with Gasteiger partial charge in [-0.2, -0.15) is 0 Å². The molecule has 0 saturated carbocycles. The average molecular weight is 241 g/mol. The van der Waals surface area contributed by atoms with Crippen molar-refractivity contribution in [2.75, 3.05) is 23.8 Å². The molecular formula is C12H19NO2S. The lowest BCUT2D eigenvalue weighted by molar-refractivity contribution is 0.344. The standard InChI is InChI=1S/C12H19NO2S/c1-2-3-9-16(14)10-8-15-12-7-5-4-6-11(12)13/h4-7H,2-3,8-10,13H2,1H3. The van der Waals surface area contributed by atoms with Crippen molar-refractivity contribution in [3.8, 4) is 5.75 Å². The SMILES string of the molecule is CCCCS(=O)CCOc1ccccc1N. The first-order valence-electron chi connectivity index (χ1n) is 5.56. The summed E-state index contributed by atoms with van der Waals surface area (Å²) in [7, 11) is -0.766. The van der Waals surface area contributed by atoms with Gasteiger partial charge in [-0.05, 0) is 18.6 Å². The minimum Gasteiger partial charge on any atom is -0.490 e. The molecule has 1 aromatic rings. The van der Waals surface area contributed by atoms with E-state index in [4.69, 9.17) is 10.5 Å². The van der Waals surface area contributed by atoms with E-state index in [1.54, 1.807) is 6.07 Å². The third-order valence-electron chi connectivity index (χ3n) is 2.21. The number of nitrogen functional groups attached to an aromatic ring is 1. The van der Waals surface area contributed by atoms with Gasteiger partial charge in [0.25, 0.3) is 0 Å². The summed E-state index contributed by atoms with van der Waals surface area (Å²) >= 11 is 0. The second-order valence-electron chi connectivity index (χ2n) is 3.59. The molecule has 0 bridgehead atoms. The largest absolute Gasteiger partial charge is 0.490 e. The Kier molecular flexibility index (Phi) is 5.93. The van der Waals surface area contributed by atoms with E-state index in [1.165, 1.54) is 0 Å². The van der Waals surface area contributed by atoms with E-state index in [0.29, 0.717) is 23.8 Å². The summed E-state index contributed by atoms with van der Waals surface area (Å²) in [6.07, 6.45) is 2.10. The van der Waals surface area contributed by atoms with Crippen molar-refractivity contribution in [2.24, 2.45) is 0 Å². The number of benzene rings is 1. The second kappa shape index (κ2) is 7.28. The van der Waals surface area contributed by atoms with Gasteiger partial charge < -0.3 is 10.5 Å². The maximum absolute atomic E-state index is 11.5. The highest BCUT2D eigenvalue weighted by atomic mass is 32.2. The van der Waals surface area contributed by atoms with Crippen LogP contribution in [0.4, 0.5) is 5.69 Å². The first kappa shape index (κ1) is 13.0. The van der Waals surface area contributed by atoms with Crippen LogP contribution in [0.5, 0.6) is 5.75 Å². The van der Waals surface area contributed by atoms with Crippen molar-refractivity contribution >= 4 is 16.5 Å². The van der Waals surface area contributed by atoms with E-state index in [0.717, 1.165) is 18.6 Å². The van der Waals surface area contributed by atoms with E-state index in [1.807, 2.05) is 18.2 Å². The number of ether oxygens (including phenoxy) is 1. The fraction of sp³-hybridized carbons (Fsp3) is 0.500. The summed E-state index contributed by atoms with van der Waals surface area (Å²) in [6, 6.07) is 7.36. The third kappa shape index (κ3) is 4.66. The van der Waals surface area contributed by atoms with Crippen molar-refractivity contribution in [1.82, 2.24) is 0 Å². The summed E-state index contributed by atoms with van der Waals surface area (Å²) in [6.45, 7) is 2.56. The number of anilines is 1. The predicted molar refractivity (Wildman–Crippen MR) is 69.1 cm³/mol. The number of hydrogen-bond acceptors (Lipinski definition) is 3. The normalized spacial score (nSPS) is 12.3. The monoisotopic (exact) mass is 241 g/mol. The molecule has 1 unspecified atom stereocenters. The summed E-state index contributed by atoms with van der Waals surface area (Å²) in [4.78, 5) is 0. The van der Waals surface area contributed by atoms with Gasteiger partial charge >= 0.3 is 0 Å². The minimum atomic E-state index is -0.766. The molecule has 16 heavy (non-hydrogen) atoms. The zero-order valence-electron chi connectivity index (χ0n) is 9.65. The highest BCUT2D eigenvalue weighted by molar-refractivity contribution is 7.84. The first-order valence-corrected chi connectivity index (χ1v) is 7.05. The summed E-state index contributed by atoms with van der Waals surface area (Å²) < 4.78 is 16.9. The van der Waals surface area contributed by atoms with Crippen LogP contribution in [-0.4, -0.2) is 22.3 Å². The van der Waals surface area contributed by atoms with Gasteiger partial charge in [0.2, 0.25) is 0 Å². The molecule has 0 aliphatic carbocycles. The van der Waals surface area contributed by atoms with Crippen LogP contribution in [0.25, 0.3) is 0 Å². The van der Waals surface area contributed by atoms with Crippen molar-refractivity contribution in [2.45, 2.75) is 19.8 Å². The molecular weight excluding hydrogens is 222 g/mol. The average Bonchev–Trinajstić information content (AvgIpc) is 2.29. The first-order chi connectivity index (χ1) is 7.74. The number of hydrogen-bond donors (Lipinski definition) is 1. The fourth-order valence-corrected chi connectivity index (χ4v) is 2.35. The number of unbranched alkanes of at least 4 members (excludes halogenated alkanes) is 1. The molecule has 3 nitrogen and oxygen atoms in total. The molecule has 1 rings (SSSR count). The Bertz CT molecular complexity index is 342. The van der Waals surface area contributed by atoms with Crippen LogP contribution in [0, 0.1) is 0 Å². The van der Waals surface area contributed by atoms with Gasteiger partial charge in [0, 0.05) is 16.6 Å². The summed E-state index contributed by atoms with van der Waals surface area (Å²) in [5.74, 6) is 2.02. The topological polar surface area (TPSA) is 52.3 Å². The minimum absolute atomic E-state index is 0.463. The predicted octanol–water partition coefficient (Wildman–Crippen LogP) is 2.20. The molecule has 0 saturated heterocycles. The lowest BCUT2D eigenvalue weighted by Crippen LogP contribution is -2.11. The molecule has 2 N–H and O–H groups in total. The quantitative estimate of drug-likeness (QED) is 0.745. The number of nitrogens with two attached hydrogens (primary N) is 1. The molecule has 1 atom stereocenters. The lowest BCUT2D eigenvalue weighted by atomic mass is 10.3. The molecule has 0 heterocycles. The van der Waals surface area contributed by atoms with Crippen LogP contribution in [-0.2, 0) is 10.8 Å². The van der Waals surface area contributed by atoms with Gasteiger partial charge in [-0.3, -0.25) is 4.21 Å².